The highest BCUT2D eigenvalue weighted by atomic mass is 19.4. The van der Waals surface area contributed by atoms with Gasteiger partial charge in [0, 0.05) is 20.6 Å². The van der Waals surface area contributed by atoms with Gasteiger partial charge in [-0.3, -0.25) is 0 Å². The zero-order valence-electron chi connectivity index (χ0n) is 12.2. The maximum absolute atomic E-state index is 13.5. The molecule has 23 heavy (non-hydrogen) atoms. The topological polar surface area (TPSA) is 41.1 Å². The second-order valence-corrected chi connectivity index (χ2v) is 4.96. The van der Waals surface area contributed by atoms with E-state index in [1.54, 1.807) is 14.1 Å². The SMILES string of the molecule is CN(C)c1nc(NCc2cc(F)cc(C(F)(F)F)c2)ncc1F. The molecule has 9 heteroatoms. The van der Waals surface area contributed by atoms with Gasteiger partial charge in [-0.1, -0.05) is 0 Å². The second-order valence-electron chi connectivity index (χ2n) is 4.96. The minimum Gasteiger partial charge on any atom is -0.360 e. The third kappa shape index (κ3) is 4.27. The fourth-order valence-electron chi connectivity index (χ4n) is 1.85. The molecule has 0 amide bonds. The number of aromatic nitrogens is 2. The molecular formula is C14H13F5N4. The lowest BCUT2D eigenvalue weighted by atomic mass is 10.1. The fourth-order valence-corrected chi connectivity index (χ4v) is 1.85. The van der Waals surface area contributed by atoms with Crippen LogP contribution in [-0.2, 0) is 12.7 Å². The standard InChI is InChI=1S/C14H13F5N4/c1-23(2)12-11(16)7-21-13(22-12)20-6-8-3-9(14(17,18)19)5-10(15)4-8/h3-5,7H,6H2,1-2H3,(H,20,21,22). The Morgan fingerprint density at radius 2 is 1.83 bits per heavy atom. The number of alkyl halides is 3. The molecule has 0 fully saturated rings. The van der Waals surface area contributed by atoms with Crippen LogP contribution in [0.2, 0.25) is 0 Å². The third-order valence-electron chi connectivity index (χ3n) is 2.88. The molecule has 0 unspecified atom stereocenters. The van der Waals surface area contributed by atoms with Gasteiger partial charge in [0.25, 0.3) is 0 Å². The summed E-state index contributed by atoms with van der Waals surface area (Å²) in [7, 11) is 3.16. The van der Waals surface area contributed by atoms with Crippen LogP contribution in [-0.4, -0.2) is 24.1 Å². The van der Waals surface area contributed by atoms with Crippen LogP contribution in [0.1, 0.15) is 11.1 Å². The van der Waals surface area contributed by atoms with E-state index in [1.165, 1.54) is 4.90 Å². The van der Waals surface area contributed by atoms with Crippen molar-refractivity contribution in [3.8, 4) is 0 Å². The van der Waals surface area contributed by atoms with Crippen molar-refractivity contribution in [2.75, 3.05) is 24.3 Å². The lowest BCUT2D eigenvalue weighted by Gasteiger charge is -2.14. The summed E-state index contributed by atoms with van der Waals surface area (Å²) in [5.74, 6) is -1.58. The van der Waals surface area contributed by atoms with Crippen LogP contribution in [0.25, 0.3) is 0 Å². The first-order valence-electron chi connectivity index (χ1n) is 6.47. The molecule has 1 aromatic carbocycles. The van der Waals surface area contributed by atoms with E-state index in [9.17, 15) is 22.0 Å². The van der Waals surface area contributed by atoms with Gasteiger partial charge < -0.3 is 10.2 Å². The number of hydrogen-bond acceptors (Lipinski definition) is 4. The van der Waals surface area contributed by atoms with Gasteiger partial charge in [-0.2, -0.15) is 18.2 Å². The summed E-state index contributed by atoms with van der Waals surface area (Å²) in [6.07, 6.45) is -3.70. The van der Waals surface area contributed by atoms with Crippen molar-refractivity contribution in [2.24, 2.45) is 0 Å². The molecule has 0 saturated carbocycles. The second kappa shape index (κ2) is 6.35. The number of anilines is 2. The summed E-state index contributed by atoms with van der Waals surface area (Å²) in [4.78, 5) is 9.01. The van der Waals surface area contributed by atoms with Crippen LogP contribution < -0.4 is 10.2 Å². The maximum atomic E-state index is 13.5. The van der Waals surface area contributed by atoms with E-state index in [-0.39, 0.29) is 23.9 Å². The van der Waals surface area contributed by atoms with E-state index in [0.29, 0.717) is 6.07 Å². The van der Waals surface area contributed by atoms with Gasteiger partial charge in [-0.05, 0) is 23.8 Å². The van der Waals surface area contributed by atoms with Crippen LogP contribution in [0.5, 0.6) is 0 Å². The minimum atomic E-state index is -4.64. The molecular weight excluding hydrogens is 319 g/mol. The molecule has 0 atom stereocenters. The average molecular weight is 332 g/mol. The van der Waals surface area contributed by atoms with Crippen LogP contribution in [0.3, 0.4) is 0 Å². The Hall–Kier alpha value is -2.45. The van der Waals surface area contributed by atoms with Gasteiger partial charge in [0.05, 0.1) is 11.8 Å². The molecule has 0 radical (unpaired) electrons. The lowest BCUT2D eigenvalue weighted by Crippen LogP contribution is -2.15. The normalized spacial score (nSPS) is 11.4. The van der Waals surface area contributed by atoms with E-state index in [1.807, 2.05) is 0 Å². The van der Waals surface area contributed by atoms with Gasteiger partial charge in [-0.25, -0.2) is 13.8 Å². The quantitative estimate of drug-likeness (QED) is 0.871. The Morgan fingerprint density at radius 1 is 1.13 bits per heavy atom. The minimum absolute atomic E-state index is 0.0212. The highest BCUT2D eigenvalue weighted by Gasteiger charge is 2.31. The third-order valence-corrected chi connectivity index (χ3v) is 2.88. The fraction of sp³-hybridized carbons (Fsp3) is 0.286. The van der Waals surface area contributed by atoms with Crippen LogP contribution in [0, 0.1) is 11.6 Å². The smallest absolute Gasteiger partial charge is 0.360 e. The van der Waals surface area contributed by atoms with Crippen molar-refractivity contribution in [1.29, 1.82) is 0 Å². The molecule has 2 rings (SSSR count). The zero-order chi connectivity index (χ0) is 17.2. The van der Waals surface area contributed by atoms with E-state index >= 15 is 0 Å². The molecule has 1 N–H and O–H groups in total. The number of benzene rings is 1. The Kier molecular flexibility index (Phi) is 4.67. The monoisotopic (exact) mass is 332 g/mol. The predicted octanol–water partition coefficient (Wildman–Crippen LogP) is 3.45. The van der Waals surface area contributed by atoms with E-state index in [0.717, 1.165) is 18.3 Å². The molecule has 4 nitrogen and oxygen atoms in total. The van der Waals surface area contributed by atoms with Crippen molar-refractivity contribution >= 4 is 11.8 Å². The predicted molar refractivity (Wildman–Crippen MR) is 75.0 cm³/mol. The van der Waals surface area contributed by atoms with Gasteiger partial charge in [0.1, 0.15) is 5.82 Å². The summed E-state index contributed by atoms with van der Waals surface area (Å²) in [5, 5.41) is 2.64. The van der Waals surface area contributed by atoms with Gasteiger partial charge >= 0.3 is 6.18 Å². The molecule has 0 saturated heterocycles. The van der Waals surface area contributed by atoms with E-state index in [4.69, 9.17) is 0 Å². The first-order valence-corrected chi connectivity index (χ1v) is 6.47. The van der Waals surface area contributed by atoms with Crippen molar-refractivity contribution in [3.63, 3.8) is 0 Å². The number of rotatable bonds is 4. The Bertz CT molecular complexity index is 700. The molecule has 0 aliphatic heterocycles. The van der Waals surface area contributed by atoms with Crippen LogP contribution in [0.4, 0.5) is 33.7 Å². The number of nitrogens with one attached hydrogen (secondary N) is 1. The van der Waals surface area contributed by atoms with Gasteiger partial charge in [-0.15, -0.1) is 0 Å². The zero-order valence-corrected chi connectivity index (χ0v) is 12.2. The summed E-state index contributed by atoms with van der Waals surface area (Å²) >= 11 is 0. The maximum Gasteiger partial charge on any atom is 0.416 e. The Balaban J connectivity index is 2.18. The van der Waals surface area contributed by atoms with Gasteiger partial charge in [0.2, 0.25) is 5.95 Å². The largest absolute Gasteiger partial charge is 0.416 e. The van der Waals surface area contributed by atoms with Crippen molar-refractivity contribution in [2.45, 2.75) is 12.7 Å². The molecule has 1 heterocycles. The first kappa shape index (κ1) is 16.9. The Labute approximate surface area is 129 Å². The van der Waals surface area contributed by atoms with Crippen LogP contribution >= 0.6 is 0 Å². The number of nitrogens with zero attached hydrogens (tertiary/aromatic N) is 3. The Morgan fingerprint density at radius 3 is 2.43 bits per heavy atom. The average Bonchev–Trinajstić information content (AvgIpc) is 2.44. The molecule has 1 aromatic heterocycles. The summed E-state index contributed by atoms with van der Waals surface area (Å²) in [5.41, 5.74) is -1.01. The van der Waals surface area contributed by atoms with E-state index in [2.05, 4.69) is 15.3 Å². The molecule has 0 spiro atoms. The summed E-state index contributed by atoms with van der Waals surface area (Å²) in [6, 6.07) is 2.22. The molecule has 124 valence electrons. The molecule has 0 aliphatic rings. The van der Waals surface area contributed by atoms with Crippen molar-refractivity contribution in [3.05, 3.63) is 47.2 Å². The van der Waals surface area contributed by atoms with Crippen LogP contribution in [0.15, 0.2) is 24.4 Å². The van der Waals surface area contributed by atoms with Gasteiger partial charge in [0.15, 0.2) is 11.6 Å². The molecule has 0 aliphatic carbocycles. The summed E-state index contributed by atoms with van der Waals surface area (Å²) in [6.45, 7) is -0.140. The lowest BCUT2D eigenvalue weighted by molar-refractivity contribution is -0.137. The highest BCUT2D eigenvalue weighted by Crippen LogP contribution is 2.30. The summed E-state index contributed by atoms with van der Waals surface area (Å²) < 4.78 is 64.7. The van der Waals surface area contributed by atoms with Crippen molar-refractivity contribution in [1.82, 2.24) is 9.97 Å². The highest BCUT2D eigenvalue weighted by molar-refractivity contribution is 5.42. The van der Waals surface area contributed by atoms with E-state index < -0.39 is 23.4 Å². The molecule has 0 bridgehead atoms. The molecule has 2 aromatic rings. The number of hydrogen-bond donors (Lipinski definition) is 1. The van der Waals surface area contributed by atoms with Crippen molar-refractivity contribution < 1.29 is 22.0 Å². The first-order chi connectivity index (χ1) is 10.7. The number of halogens is 5.